The second-order valence-electron chi connectivity index (χ2n) is 3.48. The first kappa shape index (κ1) is 9.71. The number of phenolic OH excluding ortho intramolecular Hbond substituents is 1. The summed E-state index contributed by atoms with van der Waals surface area (Å²) in [5, 5.41) is 9.53. The van der Waals surface area contributed by atoms with Gasteiger partial charge in [-0.05, 0) is 30.2 Å². The Morgan fingerprint density at radius 3 is 2.47 bits per heavy atom. The highest BCUT2D eigenvalue weighted by atomic mass is 19.1. The summed E-state index contributed by atoms with van der Waals surface area (Å²) < 4.78 is 13.4. The van der Waals surface area contributed by atoms with Crippen LogP contribution in [0, 0.1) is 12.7 Å². The highest BCUT2D eigenvalue weighted by Crippen LogP contribution is 2.27. The lowest BCUT2D eigenvalue weighted by Crippen LogP contribution is -1.84. The smallest absolute Gasteiger partial charge is 0.131 e. The third kappa shape index (κ3) is 1.84. The average Bonchev–Trinajstić information content (AvgIpc) is 2.23. The summed E-state index contributed by atoms with van der Waals surface area (Å²) in [5.74, 6) is -0.0866. The highest BCUT2D eigenvalue weighted by molar-refractivity contribution is 5.66. The summed E-state index contributed by atoms with van der Waals surface area (Å²) in [6.07, 6.45) is 0. The lowest BCUT2D eigenvalue weighted by molar-refractivity contribution is 0.471. The van der Waals surface area contributed by atoms with Gasteiger partial charge in [0.15, 0.2) is 0 Å². The lowest BCUT2D eigenvalue weighted by atomic mass is 10.0. The van der Waals surface area contributed by atoms with Crippen LogP contribution in [0.4, 0.5) is 4.39 Å². The Kier molecular flexibility index (Phi) is 2.42. The molecule has 1 nitrogen and oxygen atoms in total. The minimum absolute atomic E-state index is 0.191. The normalized spacial score (nSPS) is 10.3. The molecule has 0 bridgehead atoms. The van der Waals surface area contributed by atoms with Crippen molar-refractivity contribution in [2.75, 3.05) is 0 Å². The van der Waals surface area contributed by atoms with Crippen molar-refractivity contribution in [3.63, 3.8) is 0 Å². The Bertz CT molecular complexity index is 492. The summed E-state index contributed by atoms with van der Waals surface area (Å²) in [6.45, 7) is 1.81. The van der Waals surface area contributed by atoms with Crippen molar-refractivity contribution >= 4 is 0 Å². The molecule has 2 aromatic rings. The van der Waals surface area contributed by atoms with Gasteiger partial charge in [-0.3, -0.25) is 0 Å². The van der Waals surface area contributed by atoms with Gasteiger partial charge in [-0.25, -0.2) is 4.39 Å². The molecule has 2 aromatic carbocycles. The van der Waals surface area contributed by atoms with Crippen molar-refractivity contribution in [3.05, 3.63) is 53.8 Å². The van der Waals surface area contributed by atoms with Gasteiger partial charge in [-0.15, -0.1) is 0 Å². The van der Waals surface area contributed by atoms with E-state index in [1.54, 1.807) is 43.3 Å². The first-order chi connectivity index (χ1) is 7.18. The molecule has 15 heavy (non-hydrogen) atoms. The van der Waals surface area contributed by atoms with E-state index in [9.17, 15) is 9.50 Å². The van der Waals surface area contributed by atoms with Gasteiger partial charge in [0.1, 0.15) is 11.6 Å². The van der Waals surface area contributed by atoms with Crippen molar-refractivity contribution in [1.29, 1.82) is 0 Å². The molecule has 0 atom stereocenters. The first-order valence-electron chi connectivity index (χ1n) is 4.73. The Balaban J connectivity index is 2.55. The van der Waals surface area contributed by atoms with E-state index in [4.69, 9.17) is 0 Å². The zero-order valence-electron chi connectivity index (χ0n) is 8.37. The van der Waals surface area contributed by atoms with E-state index in [-0.39, 0.29) is 11.6 Å². The number of hydrogen-bond donors (Lipinski definition) is 1. The summed E-state index contributed by atoms with van der Waals surface area (Å²) in [7, 11) is 0. The van der Waals surface area contributed by atoms with Gasteiger partial charge in [0.05, 0.1) is 0 Å². The van der Waals surface area contributed by atoms with Crippen LogP contribution in [-0.2, 0) is 0 Å². The van der Waals surface area contributed by atoms with Crippen LogP contribution in [0.25, 0.3) is 11.1 Å². The van der Waals surface area contributed by atoms with E-state index >= 15 is 0 Å². The van der Waals surface area contributed by atoms with E-state index in [0.29, 0.717) is 11.1 Å². The minimum Gasteiger partial charge on any atom is -0.508 e. The van der Waals surface area contributed by atoms with Gasteiger partial charge >= 0.3 is 0 Å². The van der Waals surface area contributed by atoms with Gasteiger partial charge < -0.3 is 5.11 Å². The van der Waals surface area contributed by atoms with Crippen LogP contribution in [0.1, 0.15) is 5.56 Å². The van der Waals surface area contributed by atoms with Crippen LogP contribution in [-0.4, -0.2) is 5.11 Å². The van der Waals surface area contributed by atoms with Gasteiger partial charge in [0.2, 0.25) is 0 Å². The van der Waals surface area contributed by atoms with Crippen molar-refractivity contribution in [1.82, 2.24) is 0 Å². The van der Waals surface area contributed by atoms with Crippen molar-refractivity contribution in [2.24, 2.45) is 0 Å². The van der Waals surface area contributed by atoms with E-state index in [1.807, 2.05) is 0 Å². The molecule has 0 amide bonds. The fourth-order valence-corrected chi connectivity index (χ4v) is 1.47. The summed E-state index contributed by atoms with van der Waals surface area (Å²) in [6, 6.07) is 11.7. The molecule has 0 aliphatic carbocycles. The molecule has 0 aliphatic rings. The minimum atomic E-state index is -0.277. The van der Waals surface area contributed by atoms with Gasteiger partial charge in [0.25, 0.3) is 0 Å². The van der Waals surface area contributed by atoms with Crippen LogP contribution in [0.2, 0.25) is 0 Å². The van der Waals surface area contributed by atoms with E-state index < -0.39 is 0 Å². The Hall–Kier alpha value is -1.83. The molecule has 76 valence electrons. The molecule has 0 aliphatic heterocycles. The predicted octanol–water partition coefficient (Wildman–Crippen LogP) is 3.51. The second kappa shape index (κ2) is 3.73. The zero-order chi connectivity index (χ0) is 10.8. The maximum Gasteiger partial charge on any atom is 0.131 e. The number of benzene rings is 2. The van der Waals surface area contributed by atoms with Gasteiger partial charge in [-0.1, -0.05) is 30.3 Å². The first-order valence-corrected chi connectivity index (χ1v) is 4.73. The molecule has 2 heteroatoms. The Morgan fingerprint density at radius 1 is 1.07 bits per heavy atom. The third-order valence-corrected chi connectivity index (χ3v) is 2.39. The Labute approximate surface area is 87.8 Å². The highest BCUT2D eigenvalue weighted by Gasteiger charge is 2.05. The monoisotopic (exact) mass is 202 g/mol. The molecule has 0 aromatic heterocycles. The van der Waals surface area contributed by atoms with E-state index in [2.05, 4.69) is 0 Å². The number of rotatable bonds is 1. The van der Waals surface area contributed by atoms with Crippen LogP contribution in [0.15, 0.2) is 42.5 Å². The Morgan fingerprint density at radius 2 is 1.80 bits per heavy atom. The van der Waals surface area contributed by atoms with Crippen molar-refractivity contribution in [3.8, 4) is 16.9 Å². The molecule has 0 radical (unpaired) electrons. The number of halogens is 1. The molecule has 0 saturated carbocycles. The van der Waals surface area contributed by atoms with Crippen LogP contribution < -0.4 is 0 Å². The number of phenols is 1. The number of aromatic hydroxyl groups is 1. The van der Waals surface area contributed by atoms with Crippen molar-refractivity contribution in [2.45, 2.75) is 6.92 Å². The standard InChI is InChI=1S/C13H11FO/c1-9-6-7-10(8-13(9)15)11-4-2-3-5-12(11)14/h2-8,15H,1H3. The fraction of sp³-hybridized carbons (Fsp3) is 0.0769. The van der Waals surface area contributed by atoms with Crippen LogP contribution in [0.3, 0.4) is 0 Å². The predicted molar refractivity (Wildman–Crippen MR) is 58.2 cm³/mol. The maximum absolute atomic E-state index is 13.4. The number of aryl methyl sites for hydroxylation is 1. The van der Waals surface area contributed by atoms with E-state index in [0.717, 1.165) is 5.56 Å². The van der Waals surface area contributed by atoms with E-state index in [1.165, 1.54) is 6.07 Å². The summed E-state index contributed by atoms with van der Waals surface area (Å²) in [4.78, 5) is 0. The third-order valence-electron chi connectivity index (χ3n) is 2.39. The topological polar surface area (TPSA) is 20.2 Å². The molecule has 0 heterocycles. The largest absolute Gasteiger partial charge is 0.508 e. The second-order valence-corrected chi connectivity index (χ2v) is 3.48. The molecule has 2 rings (SSSR count). The molecule has 0 spiro atoms. The maximum atomic E-state index is 13.4. The summed E-state index contributed by atoms with van der Waals surface area (Å²) in [5.41, 5.74) is 1.99. The average molecular weight is 202 g/mol. The molecule has 0 saturated heterocycles. The SMILES string of the molecule is Cc1ccc(-c2ccccc2F)cc1O. The molecule has 0 unspecified atom stereocenters. The molecular weight excluding hydrogens is 191 g/mol. The fourth-order valence-electron chi connectivity index (χ4n) is 1.47. The summed E-state index contributed by atoms with van der Waals surface area (Å²) >= 11 is 0. The molecular formula is C13H11FO. The van der Waals surface area contributed by atoms with Gasteiger partial charge in [-0.2, -0.15) is 0 Å². The van der Waals surface area contributed by atoms with Gasteiger partial charge in [0, 0.05) is 5.56 Å². The van der Waals surface area contributed by atoms with Crippen LogP contribution in [0.5, 0.6) is 5.75 Å². The molecule has 0 fully saturated rings. The quantitative estimate of drug-likeness (QED) is 0.750. The number of hydrogen-bond acceptors (Lipinski definition) is 1. The van der Waals surface area contributed by atoms with Crippen molar-refractivity contribution < 1.29 is 9.50 Å². The zero-order valence-corrected chi connectivity index (χ0v) is 8.37. The van der Waals surface area contributed by atoms with Crippen LogP contribution >= 0.6 is 0 Å². The molecule has 1 N–H and O–H groups in total. The lowest BCUT2D eigenvalue weighted by Gasteiger charge is -2.05.